The van der Waals surface area contributed by atoms with Gasteiger partial charge in [0, 0.05) is 17.2 Å². The van der Waals surface area contributed by atoms with Crippen molar-refractivity contribution < 1.29 is 19.0 Å². The molecular formula is C21H20N4O4. The summed E-state index contributed by atoms with van der Waals surface area (Å²) in [6.07, 6.45) is 4.45. The van der Waals surface area contributed by atoms with Crippen molar-refractivity contribution >= 4 is 12.1 Å². The second-order valence-electron chi connectivity index (χ2n) is 5.87. The second-order valence-corrected chi connectivity index (χ2v) is 5.87. The van der Waals surface area contributed by atoms with E-state index in [0.29, 0.717) is 28.5 Å². The topological polar surface area (TPSA) is 94.9 Å². The third-order valence-electron chi connectivity index (χ3n) is 3.99. The first-order chi connectivity index (χ1) is 14.1. The first-order valence-electron chi connectivity index (χ1n) is 8.66. The van der Waals surface area contributed by atoms with E-state index in [2.05, 4.69) is 20.5 Å². The molecule has 0 bridgehead atoms. The van der Waals surface area contributed by atoms with Crippen LogP contribution in [0.25, 0.3) is 11.3 Å². The molecule has 3 aromatic rings. The highest BCUT2D eigenvalue weighted by atomic mass is 16.5. The molecule has 29 heavy (non-hydrogen) atoms. The number of aromatic nitrogens is 2. The zero-order chi connectivity index (χ0) is 20.6. The van der Waals surface area contributed by atoms with Gasteiger partial charge in [-0.1, -0.05) is 12.1 Å². The van der Waals surface area contributed by atoms with Crippen molar-refractivity contribution in [1.29, 1.82) is 0 Å². The van der Waals surface area contributed by atoms with Crippen molar-refractivity contribution in [1.82, 2.24) is 15.4 Å². The van der Waals surface area contributed by atoms with E-state index in [1.54, 1.807) is 45.7 Å². The van der Waals surface area contributed by atoms with E-state index in [-0.39, 0.29) is 5.69 Å². The molecule has 0 aliphatic carbocycles. The van der Waals surface area contributed by atoms with Crippen LogP contribution in [0.4, 0.5) is 0 Å². The summed E-state index contributed by atoms with van der Waals surface area (Å²) in [5, 5.41) is 3.98. The molecule has 8 nitrogen and oxygen atoms in total. The lowest BCUT2D eigenvalue weighted by molar-refractivity contribution is 0.0950. The zero-order valence-corrected chi connectivity index (χ0v) is 16.2. The number of nitrogens with one attached hydrogen (secondary N) is 1. The van der Waals surface area contributed by atoms with E-state index in [1.165, 1.54) is 12.4 Å². The molecule has 0 unspecified atom stereocenters. The SMILES string of the molecule is COc1cc(/C=N/NC(=O)c2cncc(-c3cccc(OC)c3)n2)cc(OC)c1. The standard InChI is InChI=1S/C21H20N4O4/c1-27-16-6-4-5-15(9-16)19-12-22-13-20(24-19)21(26)25-23-11-14-7-17(28-2)10-18(8-14)29-3/h4-13H,1-3H3,(H,25,26)/b23-11+. The van der Waals surface area contributed by atoms with Gasteiger partial charge in [-0.2, -0.15) is 5.10 Å². The highest BCUT2D eigenvalue weighted by Gasteiger charge is 2.10. The Morgan fingerprint density at radius 3 is 2.38 bits per heavy atom. The van der Waals surface area contributed by atoms with Crippen molar-refractivity contribution in [2.24, 2.45) is 5.10 Å². The average molecular weight is 392 g/mol. The fraction of sp³-hybridized carbons (Fsp3) is 0.143. The lowest BCUT2D eigenvalue weighted by Gasteiger charge is -2.06. The Morgan fingerprint density at radius 1 is 0.966 bits per heavy atom. The lowest BCUT2D eigenvalue weighted by Crippen LogP contribution is -2.19. The van der Waals surface area contributed by atoms with Crippen LogP contribution in [-0.2, 0) is 0 Å². The predicted molar refractivity (Wildman–Crippen MR) is 109 cm³/mol. The maximum atomic E-state index is 12.4. The summed E-state index contributed by atoms with van der Waals surface area (Å²) in [5.74, 6) is 1.45. The Morgan fingerprint density at radius 2 is 1.69 bits per heavy atom. The zero-order valence-electron chi connectivity index (χ0n) is 16.2. The predicted octanol–water partition coefficient (Wildman–Crippen LogP) is 2.93. The van der Waals surface area contributed by atoms with Gasteiger partial charge in [-0.15, -0.1) is 0 Å². The second kappa shape index (κ2) is 9.32. The number of nitrogens with zero attached hydrogens (tertiary/aromatic N) is 3. The van der Waals surface area contributed by atoms with Gasteiger partial charge in [0.15, 0.2) is 0 Å². The van der Waals surface area contributed by atoms with Gasteiger partial charge < -0.3 is 14.2 Å². The van der Waals surface area contributed by atoms with Crippen LogP contribution in [0.5, 0.6) is 17.2 Å². The Kier molecular flexibility index (Phi) is 6.36. The van der Waals surface area contributed by atoms with Crippen molar-refractivity contribution in [2.75, 3.05) is 21.3 Å². The molecule has 1 N–H and O–H groups in total. The number of hydrazone groups is 1. The van der Waals surface area contributed by atoms with E-state index < -0.39 is 5.91 Å². The maximum absolute atomic E-state index is 12.4. The number of rotatable bonds is 7. The average Bonchev–Trinajstić information content (AvgIpc) is 2.78. The van der Waals surface area contributed by atoms with E-state index in [9.17, 15) is 4.79 Å². The van der Waals surface area contributed by atoms with Gasteiger partial charge in [0.2, 0.25) is 0 Å². The van der Waals surface area contributed by atoms with Gasteiger partial charge >= 0.3 is 0 Å². The number of methoxy groups -OCH3 is 3. The number of hydrogen-bond donors (Lipinski definition) is 1. The molecular weight excluding hydrogens is 372 g/mol. The summed E-state index contributed by atoms with van der Waals surface area (Å²) >= 11 is 0. The quantitative estimate of drug-likeness (QED) is 0.491. The molecule has 0 atom stereocenters. The molecule has 0 spiro atoms. The molecule has 0 aliphatic heterocycles. The third kappa shape index (κ3) is 5.07. The molecule has 8 heteroatoms. The maximum Gasteiger partial charge on any atom is 0.291 e. The van der Waals surface area contributed by atoms with Gasteiger partial charge in [0.1, 0.15) is 22.9 Å². The van der Waals surface area contributed by atoms with E-state index in [0.717, 1.165) is 5.56 Å². The van der Waals surface area contributed by atoms with Crippen LogP contribution in [0.1, 0.15) is 16.1 Å². The summed E-state index contributed by atoms with van der Waals surface area (Å²) in [5.41, 5.74) is 4.64. The fourth-order valence-electron chi connectivity index (χ4n) is 2.52. The Balaban J connectivity index is 1.74. The van der Waals surface area contributed by atoms with Gasteiger partial charge in [0.05, 0.1) is 45.6 Å². The van der Waals surface area contributed by atoms with Crippen LogP contribution in [0.15, 0.2) is 60.0 Å². The van der Waals surface area contributed by atoms with Crippen molar-refractivity contribution in [3.05, 3.63) is 66.1 Å². The van der Waals surface area contributed by atoms with Gasteiger partial charge in [-0.05, 0) is 24.3 Å². The molecule has 0 aliphatic rings. The molecule has 2 aromatic carbocycles. The Bertz CT molecular complexity index is 1010. The van der Waals surface area contributed by atoms with Crippen LogP contribution in [0.3, 0.4) is 0 Å². The molecule has 3 rings (SSSR count). The monoisotopic (exact) mass is 392 g/mol. The lowest BCUT2D eigenvalue weighted by atomic mass is 10.1. The summed E-state index contributed by atoms with van der Waals surface area (Å²) in [4.78, 5) is 20.8. The van der Waals surface area contributed by atoms with Gasteiger partial charge in [-0.3, -0.25) is 9.78 Å². The van der Waals surface area contributed by atoms with Crippen molar-refractivity contribution in [3.63, 3.8) is 0 Å². The minimum Gasteiger partial charge on any atom is -0.497 e. The van der Waals surface area contributed by atoms with Crippen LogP contribution in [0, 0.1) is 0 Å². The molecule has 0 radical (unpaired) electrons. The number of amides is 1. The van der Waals surface area contributed by atoms with E-state index >= 15 is 0 Å². The van der Waals surface area contributed by atoms with Crippen molar-refractivity contribution in [3.8, 4) is 28.5 Å². The van der Waals surface area contributed by atoms with E-state index in [1.807, 2.05) is 24.3 Å². The summed E-state index contributed by atoms with van der Waals surface area (Å²) in [6, 6.07) is 12.6. The van der Waals surface area contributed by atoms with E-state index in [4.69, 9.17) is 14.2 Å². The normalized spacial score (nSPS) is 10.6. The molecule has 0 saturated carbocycles. The number of carbonyl (C=O) groups excluding carboxylic acids is 1. The highest BCUT2D eigenvalue weighted by molar-refractivity contribution is 5.93. The number of ether oxygens (including phenoxy) is 3. The number of carbonyl (C=O) groups is 1. The highest BCUT2D eigenvalue weighted by Crippen LogP contribution is 2.22. The Hall–Kier alpha value is -3.94. The fourth-order valence-corrected chi connectivity index (χ4v) is 2.52. The number of hydrogen-bond acceptors (Lipinski definition) is 7. The largest absolute Gasteiger partial charge is 0.497 e. The van der Waals surface area contributed by atoms with Gasteiger partial charge in [0.25, 0.3) is 5.91 Å². The minimum absolute atomic E-state index is 0.144. The number of benzene rings is 2. The summed E-state index contributed by atoms with van der Waals surface area (Å²) in [7, 11) is 4.71. The molecule has 0 saturated heterocycles. The first kappa shape index (κ1) is 19.8. The summed E-state index contributed by atoms with van der Waals surface area (Å²) < 4.78 is 15.6. The van der Waals surface area contributed by atoms with Crippen LogP contribution in [-0.4, -0.2) is 43.4 Å². The molecule has 1 amide bonds. The smallest absolute Gasteiger partial charge is 0.291 e. The van der Waals surface area contributed by atoms with Crippen LogP contribution < -0.4 is 19.6 Å². The molecule has 1 aromatic heterocycles. The molecule has 0 fully saturated rings. The molecule has 148 valence electrons. The first-order valence-corrected chi connectivity index (χ1v) is 8.66. The van der Waals surface area contributed by atoms with Gasteiger partial charge in [-0.25, -0.2) is 10.4 Å². The Labute approximate surface area is 168 Å². The summed E-state index contributed by atoms with van der Waals surface area (Å²) in [6.45, 7) is 0. The van der Waals surface area contributed by atoms with Crippen LogP contribution >= 0.6 is 0 Å². The third-order valence-corrected chi connectivity index (χ3v) is 3.99. The van der Waals surface area contributed by atoms with Crippen molar-refractivity contribution in [2.45, 2.75) is 0 Å². The molecule has 1 heterocycles. The van der Waals surface area contributed by atoms with Crippen LogP contribution in [0.2, 0.25) is 0 Å². The minimum atomic E-state index is -0.478.